The van der Waals surface area contributed by atoms with E-state index < -0.39 is 97.5 Å². The van der Waals surface area contributed by atoms with E-state index in [1.54, 1.807) is 0 Å². The first-order valence-corrected chi connectivity index (χ1v) is 42.5. The van der Waals surface area contributed by atoms with Crippen molar-refractivity contribution >= 4 is 39.5 Å². The smallest absolute Gasteiger partial charge is 0.462 e. The lowest BCUT2D eigenvalue weighted by Gasteiger charge is -2.21. The zero-order valence-corrected chi connectivity index (χ0v) is 63.8. The summed E-state index contributed by atoms with van der Waals surface area (Å²) < 4.78 is 68.5. The van der Waals surface area contributed by atoms with Gasteiger partial charge in [-0.1, -0.05) is 343 Å². The molecule has 3 unspecified atom stereocenters. The molecule has 0 fully saturated rings. The minimum atomic E-state index is -4.96. The number of phosphoric ester groups is 2. The lowest BCUT2D eigenvalue weighted by atomic mass is 9.99. The zero-order valence-electron chi connectivity index (χ0n) is 62.0. The van der Waals surface area contributed by atoms with Crippen molar-refractivity contribution in [3.05, 3.63) is 0 Å². The molecule has 564 valence electrons. The third-order valence-corrected chi connectivity index (χ3v) is 20.0. The predicted molar refractivity (Wildman–Crippen MR) is 386 cm³/mol. The highest BCUT2D eigenvalue weighted by Gasteiger charge is 2.30. The predicted octanol–water partition coefficient (Wildman–Crippen LogP) is 22.3. The fourth-order valence-electron chi connectivity index (χ4n) is 11.6. The van der Waals surface area contributed by atoms with Crippen LogP contribution in [0, 0.1) is 11.8 Å². The lowest BCUT2D eigenvalue weighted by molar-refractivity contribution is -0.161. The summed E-state index contributed by atoms with van der Waals surface area (Å²) in [4.78, 5) is 72.8. The van der Waals surface area contributed by atoms with Crippen LogP contribution in [0.15, 0.2) is 0 Å². The van der Waals surface area contributed by atoms with Gasteiger partial charge in [0.2, 0.25) is 0 Å². The molecule has 3 N–H and O–H groups in total. The number of aliphatic hydroxyl groups excluding tert-OH is 1. The molecule has 6 atom stereocenters. The number of carbonyl (C=O) groups excluding carboxylic acids is 4. The molecule has 0 radical (unpaired) electrons. The van der Waals surface area contributed by atoms with Crippen LogP contribution in [-0.4, -0.2) is 96.7 Å². The molecular weight excluding hydrogens is 1250 g/mol. The number of unbranched alkanes of at least 4 members (excludes halogenated alkanes) is 44. The standard InChI is InChI=1S/C76H148O17P2/c1-7-10-12-14-16-18-19-24-28-36-42-48-54-60-75(80)92-71(64-86-73(78)58-52-46-40-32-17-15-13-11-8-2)66-90-94(82,83)88-62-70(77)63-89-95(84,85)91-67-72(65-87-74(79)59-53-47-41-35-31-30-34-39-45-51-57-69(6)9-3)93-76(81)61-55-49-43-37-29-26-23-21-20-22-25-27-33-38-44-50-56-68(4)5/h68-72,77H,7-67H2,1-6H3,(H,82,83)(H,84,85)/t69?,70-,71+,72+/m0/s1. The van der Waals surface area contributed by atoms with Crippen LogP contribution in [0.3, 0.4) is 0 Å². The third kappa shape index (κ3) is 69.0. The van der Waals surface area contributed by atoms with E-state index in [-0.39, 0.29) is 25.7 Å². The molecule has 0 aromatic carbocycles. The molecule has 0 aliphatic carbocycles. The van der Waals surface area contributed by atoms with Crippen molar-refractivity contribution in [2.75, 3.05) is 39.6 Å². The SMILES string of the molecule is CCCCCCCCCCCCCCCC(=O)O[C@H](COC(=O)CCCCCCCCCCC)COP(=O)(O)OC[C@H](O)COP(=O)(O)OC[C@@H](COC(=O)CCCCCCCCCCCCC(C)CC)OC(=O)CCCCCCCCCCCCCCCCCCC(C)C. The molecule has 19 heteroatoms. The normalized spacial score (nSPS) is 14.3. The van der Waals surface area contributed by atoms with Crippen LogP contribution >= 0.6 is 15.6 Å². The number of rotatable bonds is 75. The number of aliphatic hydroxyl groups is 1. The Bertz CT molecular complexity index is 1840. The van der Waals surface area contributed by atoms with Gasteiger partial charge >= 0.3 is 39.5 Å². The monoisotopic (exact) mass is 1400 g/mol. The molecular formula is C76H148O17P2. The molecule has 0 spiro atoms. The summed E-state index contributed by atoms with van der Waals surface area (Å²) in [6.45, 7) is 9.64. The minimum absolute atomic E-state index is 0.108. The number of carbonyl (C=O) groups is 4. The van der Waals surface area contributed by atoms with E-state index in [1.807, 2.05) is 0 Å². The second kappa shape index (κ2) is 67.9. The van der Waals surface area contributed by atoms with Crippen LogP contribution in [-0.2, 0) is 65.4 Å². The molecule has 0 heterocycles. The Morgan fingerprint density at radius 3 is 0.800 bits per heavy atom. The van der Waals surface area contributed by atoms with Gasteiger partial charge in [0.1, 0.15) is 19.3 Å². The average Bonchev–Trinajstić information content (AvgIpc) is 1.86. The maximum absolute atomic E-state index is 13.1. The molecule has 0 rings (SSSR count). The summed E-state index contributed by atoms with van der Waals surface area (Å²) in [5.74, 6) is -0.496. The number of esters is 4. The molecule has 0 aliphatic heterocycles. The lowest BCUT2D eigenvalue weighted by Crippen LogP contribution is -2.30. The second-order valence-electron chi connectivity index (χ2n) is 28.1. The molecule has 0 aliphatic rings. The molecule has 0 saturated heterocycles. The summed E-state index contributed by atoms with van der Waals surface area (Å²) in [7, 11) is -9.91. The molecule has 17 nitrogen and oxygen atoms in total. The van der Waals surface area contributed by atoms with E-state index in [9.17, 15) is 43.2 Å². The van der Waals surface area contributed by atoms with Crippen molar-refractivity contribution in [1.29, 1.82) is 0 Å². The summed E-state index contributed by atoms with van der Waals surface area (Å²) in [6, 6.07) is 0. The van der Waals surface area contributed by atoms with Crippen LogP contribution in [0.1, 0.15) is 395 Å². The highest BCUT2D eigenvalue weighted by atomic mass is 31.2. The van der Waals surface area contributed by atoms with E-state index in [1.165, 1.54) is 212 Å². The van der Waals surface area contributed by atoms with Gasteiger partial charge in [-0.15, -0.1) is 0 Å². The van der Waals surface area contributed by atoms with E-state index >= 15 is 0 Å². The Hall–Kier alpha value is -1.94. The highest BCUT2D eigenvalue weighted by Crippen LogP contribution is 2.45. The Kier molecular flexibility index (Phi) is 66.5. The first-order valence-electron chi connectivity index (χ1n) is 39.5. The Morgan fingerprint density at radius 2 is 0.537 bits per heavy atom. The highest BCUT2D eigenvalue weighted by molar-refractivity contribution is 7.47. The van der Waals surface area contributed by atoms with Gasteiger partial charge in [-0.3, -0.25) is 37.3 Å². The van der Waals surface area contributed by atoms with Gasteiger partial charge in [0.05, 0.1) is 26.4 Å². The molecule has 0 amide bonds. The quantitative estimate of drug-likeness (QED) is 0.0222. The second-order valence-corrected chi connectivity index (χ2v) is 31.0. The first-order chi connectivity index (χ1) is 45.9. The molecule has 95 heavy (non-hydrogen) atoms. The number of phosphoric acid groups is 2. The largest absolute Gasteiger partial charge is 0.472 e. The third-order valence-electron chi connectivity index (χ3n) is 18.1. The molecule has 0 aromatic rings. The van der Waals surface area contributed by atoms with Crippen molar-refractivity contribution < 1.29 is 80.2 Å². The number of ether oxygens (including phenoxy) is 4. The van der Waals surface area contributed by atoms with Crippen molar-refractivity contribution in [3.8, 4) is 0 Å². The van der Waals surface area contributed by atoms with Crippen molar-refractivity contribution in [3.63, 3.8) is 0 Å². The summed E-state index contributed by atoms with van der Waals surface area (Å²) in [5.41, 5.74) is 0. The van der Waals surface area contributed by atoms with Gasteiger partial charge in [-0.05, 0) is 37.5 Å². The van der Waals surface area contributed by atoms with Crippen molar-refractivity contribution in [2.24, 2.45) is 11.8 Å². The number of hydrogen-bond donors (Lipinski definition) is 3. The maximum atomic E-state index is 13.1. The van der Waals surface area contributed by atoms with Crippen LogP contribution in [0.5, 0.6) is 0 Å². The molecule has 0 bridgehead atoms. The van der Waals surface area contributed by atoms with Crippen molar-refractivity contribution in [1.82, 2.24) is 0 Å². The Balaban J connectivity index is 5.22. The van der Waals surface area contributed by atoms with Gasteiger partial charge in [0.25, 0.3) is 0 Å². The average molecular weight is 1400 g/mol. The maximum Gasteiger partial charge on any atom is 0.472 e. The summed E-state index contributed by atoms with van der Waals surface area (Å²) in [5, 5.41) is 10.6. The minimum Gasteiger partial charge on any atom is -0.462 e. The fourth-order valence-corrected chi connectivity index (χ4v) is 13.2. The van der Waals surface area contributed by atoms with Gasteiger partial charge in [0.15, 0.2) is 12.2 Å². The van der Waals surface area contributed by atoms with E-state index in [4.69, 9.17) is 37.0 Å². The van der Waals surface area contributed by atoms with E-state index in [0.717, 1.165) is 102 Å². The summed E-state index contributed by atoms with van der Waals surface area (Å²) in [6.07, 6.45) is 55.3. The van der Waals surface area contributed by atoms with E-state index in [0.29, 0.717) is 25.7 Å². The Morgan fingerprint density at radius 1 is 0.305 bits per heavy atom. The van der Waals surface area contributed by atoms with Crippen LogP contribution < -0.4 is 0 Å². The van der Waals surface area contributed by atoms with Crippen LogP contribution in [0.4, 0.5) is 0 Å². The number of hydrogen-bond acceptors (Lipinski definition) is 15. The van der Waals surface area contributed by atoms with Crippen molar-refractivity contribution in [2.45, 2.75) is 413 Å². The van der Waals surface area contributed by atoms with Crippen LogP contribution in [0.25, 0.3) is 0 Å². The zero-order chi connectivity index (χ0) is 70.0. The van der Waals surface area contributed by atoms with E-state index in [2.05, 4.69) is 41.5 Å². The fraction of sp³-hybridized carbons (Fsp3) is 0.947. The van der Waals surface area contributed by atoms with Crippen LogP contribution in [0.2, 0.25) is 0 Å². The van der Waals surface area contributed by atoms with Gasteiger partial charge in [-0.25, -0.2) is 9.13 Å². The summed E-state index contributed by atoms with van der Waals surface area (Å²) >= 11 is 0. The topological polar surface area (TPSA) is 237 Å². The molecule has 0 saturated carbocycles. The van der Waals surface area contributed by atoms with Gasteiger partial charge in [0, 0.05) is 25.7 Å². The first kappa shape index (κ1) is 93.1. The Labute approximate surface area is 581 Å². The van der Waals surface area contributed by atoms with Gasteiger partial charge in [-0.2, -0.15) is 0 Å². The molecule has 0 aromatic heterocycles. The van der Waals surface area contributed by atoms with Gasteiger partial charge < -0.3 is 33.8 Å².